The Morgan fingerprint density at radius 2 is 1.44 bits per heavy atom. The number of rotatable bonds is 5. The van der Waals surface area contributed by atoms with Crippen molar-refractivity contribution >= 4 is 17.1 Å². The third-order valence-corrected chi connectivity index (χ3v) is 7.07. The normalized spacial score (nSPS) is 14.5. The van der Waals surface area contributed by atoms with Crippen LogP contribution < -0.4 is 19.3 Å². The zero-order valence-electron chi connectivity index (χ0n) is 27.8. The topological polar surface area (TPSA) is 37.8 Å². The molecule has 0 saturated heterocycles. The molecule has 1 aromatic heterocycles. The van der Waals surface area contributed by atoms with Crippen LogP contribution in [0.5, 0.6) is 23.1 Å². The van der Waals surface area contributed by atoms with E-state index < -0.39 is 6.98 Å². The van der Waals surface area contributed by atoms with E-state index in [1.165, 1.54) is 4.90 Å². The summed E-state index contributed by atoms with van der Waals surface area (Å²) in [7, 11) is 0. The fourth-order valence-electron chi connectivity index (χ4n) is 4.46. The second kappa shape index (κ2) is 11.5. The number of nitrogens with zero attached hydrogens (tertiary/aromatic N) is 3. The minimum atomic E-state index is -2.34. The second-order valence-electron chi connectivity index (χ2n) is 12.4. The number of hydrogen-bond donors (Lipinski definition) is 0. The van der Waals surface area contributed by atoms with E-state index >= 15 is 0 Å². The van der Waals surface area contributed by atoms with Gasteiger partial charge >= 0.3 is 0 Å². The van der Waals surface area contributed by atoms with Crippen LogP contribution in [0.2, 0.25) is 0 Å². The van der Waals surface area contributed by atoms with Gasteiger partial charge in [-0.15, -0.1) is 41.6 Å². The van der Waals surface area contributed by atoms with Crippen molar-refractivity contribution in [1.29, 1.82) is 0 Å². The molecule has 4 aromatic rings. The minimum absolute atomic E-state index is 0. The van der Waals surface area contributed by atoms with E-state index in [-0.39, 0.29) is 31.9 Å². The number of pyridine rings is 1. The maximum Gasteiger partial charge on any atom is 0.216 e. The Bertz CT molecular complexity index is 1660. The Labute approximate surface area is 264 Å². The molecule has 0 saturated carbocycles. The van der Waals surface area contributed by atoms with Gasteiger partial charge in [-0.05, 0) is 66.5 Å². The molecular weight excluding hydrogens is 689 g/mol. The summed E-state index contributed by atoms with van der Waals surface area (Å²) in [6.07, 6.45) is 1.74. The van der Waals surface area contributed by atoms with E-state index in [0.717, 1.165) is 27.9 Å². The Hall–Kier alpha value is -3.30. The third-order valence-electron chi connectivity index (χ3n) is 7.07. The van der Waals surface area contributed by atoms with Crippen LogP contribution in [0.15, 0.2) is 60.8 Å². The summed E-state index contributed by atoms with van der Waals surface area (Å²) in [6, 6.07) is 23.9. The summed E-state index contributed by atoms with van der Waals surface area (Å²) in [4.78, 5) is 7.57. The van der Waals surface area contributed by atoms with Gasteiger partial charge in [-0.25, -0.2) is 4.98 Å². The summed E-state index contributed by atoms with van der Waals surface area (Å²) in [5.74, 6) is 1.90. The molecular formula is C35H38N3O2Pt-3. The molecule has 5 rings (SSSR count). The first-order valence-electron chi connectivity index (χ1n) is 15.0. The maximum absolute atomic E-state index is 8.16. The molecule has 6 heteroatoms. The molecule has 3 aromatic carbocycles. The van der Waals surface area contributed by atoms with Crippen LogP contribution in [0, 0.1) is 32.6 Å². The molecule has 5 nitrogen and oxygen atoms in total. The van der Waals surface area contributed by atoms with Crippen molar-refractivity contribution in [3.05, 3.63) is 102 Å². The van der Waals surface area contributed by atoms with Crippen molar-refractivity contribution in [3.8, 4) is 23.1 Å². The number of fused-ring (bicyclic) bond motifs is 1. The fraction of sp³-hybridized carbons (Fsp3) is 0.314. The zero-order chi connectivity index (χ0) is 31.3. The SMILES string of the molecule is [2H]C([2H])([2H])N1[CH-]N(c2[c-]c(Oc3[c-]c(Oc4cc(C(C)(C)C)ccn4)ccc3)cc(C(C)(C)C)c2)c2cc(C)c(C)cc21.[Pt]. The average molecular weight is 731 g/mol. The van der Waals surface area contributed by atoms with Gasteiger partial charge in [-0.2, -0.15) is 12.7 Å². The van der Waals surface area contributed by atoms with E-state index in [1.54, 1.807) is 12.9 Å². The van der Waals surface area contributed by atoms with Crippen LogP contribution >= 0.6 is 0 Å². The molecule has 1 aliphatic rings. The molecule has 0 bridgehead atoms. The average Bonchev–Trinajstić information content (AvgIpc) is 3.27. The van der Waals surface area contributed by atoms with Crippen molar-refractivity contribution in [2.75, 3.05) is 16.8 Å². The molecule has 0 unspecified atom stereocenters. The first kappa shape index (κ1) is 26.6. The maximum atomic E-state index is 8.16. The number of ether oxygens (including phenoxy) is 2. The monoisotopic (exact) mass is 730 g/mol. The summed E-state index contributed by atoms with van der Waals surface area (Å²) in [6.45, 7) is 16.1. The molecule has 0 spiro atoms. The van der Waals surface area contributed by atoms with Gasteiger partial charge in [0.05, 0.1) is 0 Å². The number of benzene rings is 3. The van der Waals surface area contributed by atoms with Gasteiger partial charge in [-0.3, -0.25) is 0 Å². The van der Waals surface area contributed by atoms with Crippen molar-refractivity contribution in [2.24, 2.45) is 0 Å². The van der Waals surface area contributed by atoms with Gasteiger partial charge in [0.2, 0.25) is 5.88 Å². The Morgan fingerprint density at radius 1 is 0.780 bits per heavy atom. The molecule has 0 fully saturated rings. The van der Waals surface area contributed by atoms with E-state index in [9.17, 15) is 0 Å². The summed E-state index contributed by atoms with van der Waals surface area (Å²) < 4.78 is 36.8. The first-order chi connectivity index (χ1) is 20.0. The van der Waals surface area contributed by atoms with Crippen molar-refractivity contribution in [1.82, 2.24) is 4.98 Å². The van der Waals surface area contributed by atoms with Crippen molar-refractivity contribution < 1.29 is 34.7 Å². The smallest absolute Gasteiger partial charge is 0.216 e. The van der Waals surface area contributed by atoms with Gasteiger partial charge in [0.25, 0.3) is 0 Å². The molecule has 2 heterocycles. The molecule has 0 atom stereocenters. The van der Waals surface area contributed by atoms with E-state index in [4.69, 9.17) is 13.6 Å². The first-order valence-corrected chi connectivity index (χ1v) is 13.5. The van der Waals surface area contributed by atoms with Gasteiger partial charge in [0.15, 0.2) is 0 Å². The molecule has 0 amide bonds. The Balaban J connectivity index is 0.00000442. The van der Waals surface area contributed by atoms with Gasteiger partial charge in [0, 0.05) is 66.1 Å². The van der Waals surface area contributed by atoms with Crippen LogP contribution in [-0.2, 0) is 31.9 Å². The van der Waals surface area contributed by atoms with E-state index in [2.05, 4.69) is 58.7 Å². The second-order valence-corrected chi connectivity index (χ2v) is 12.4. The minimum Gasteiger partial charge on any atom is -0.509 e. The van der Waals surface area contributed by atoms with Crippen LogP contribution in [0.4, 0.5) is 17.1 Å². The standard InChI is InChI=1S/C35H38N3O2.Pt/c1-23-15-31-32(16-24(23)2)38(22-37(31)9)27-17-26(35(6,7)8)18-30(20-27)39-28-11-10-12-29(21-28)40-33-19-25(13-14-36-33)34(3,4)5;/h10-19,22H,1-9H3;/q-3;/i9D3;. The number of hydrogen-bond acceptors (Lipinski definition) is 5. The molecule has 0 N–H and O–H groups in total. The molecule has 1 aliphatic heterocycles. The zero-order valence-corrected chi connectivity index (χ0v) is 27.1. The van der Waals surface area contributed by atoms with Crippen LogP contribution in [-0.4, -0.2) is 12.0 Å². The molecule has 218 valence electrons. The van der Waals surface area contributed by atoms with Crippen molar-refractivity contribution in [2.45, 2.75) is 66.2 Å². The predicted molar refractivity (Wildman–Crippen MR) is 163 cm³/mol. The van der Waals surface area contributed by atoms with Gasteiger partial charge in [-0.1, -0.05) is 47.6 Å². The number of aromatic nitrogens is 1. The third kappa shape index (κ3) is 6.78. The number of anilines is 3. The predicted octanol–water partition coefficient (Wildman–Crippen LogP) is 9.18. The molecule has 0 aliphatic carbocycles. The summed E-state index contributed by atoms with van der Waals surface area (Å²) >= 11 is 0. The fourth-order valence-corrected chi connectivity index (χ4v) is 4.46. The van der Waals surface area contributed by atoms with E-state index in [1.807, 2.05) is 73.3 Å². The summed E-state index contributed by atoms with van der Waals surface area (Å²) in [5, 5.41) is 0. The van der Waals surface area contributed by atoms with Crippen molar-refractivity contribution in [3.63, 3.8) is 0 Å². The van der Waals surface area contributed by atoms with Crippen LogP contribution in [0.25, 0.3) is 0 Å². The van der Waals surface area contributed by atoms with Crippen LogP contribution in [0.3, 0.4) is 0 Å². The largest absolute Gasteiger partial charge is 0.509 e. The van der Waals surface area contributed by atoms with Gasteiger partial charge in [0.1, 0.15) is 0 Å². The molecule has 41 heavy (non-hydrogen) atoms. The van der Waals surface area contributed by atoms with E-state index in [0.29, 0.717) is 34.5 Å². The Morgan fingerprint density at radius 3 is 2.10 bits per heavy atom. The molecule has 0 radical (unpaired) electrons. The van der Waals surface area contributed by atoms with Gasteiger partial charge < -0.3 is 19.3 Å². The van der Waals surface area contributed by atoms with Crippen LogP contribution in [0.1, 0.15) is 67.9 Å². The quantitative estimate of drug-likeness (QED) is 0.192. The number of aryl methyl sites for hydroxylation is 2. The summed E-state index contributed by atoms with van der Waals surface area (Å²) in [5.41, 5.74) is 6.06. The Kier molecular flexibility index (Phi) is 7.47.